The van der Waals surface area contributed by atoms with E-state index in [1.54, 1.807) is 12.2 Å². The van der Waals surface area contributed by atoms with Crippen LogP contribution in [0, 0.1) is 0 Å². The Kier molecular flexibility index (Phi) is 8.90. The van der Waals surface area contributed by atoms with E-state index in [9.17, 15) is 30.0 Å². The van der Waals surface area contributed by atoms with Crippen LogP contribution in [0.3, 0.4) is 0 Å². The second-order valence-corrected chi connectivity index (χ2v) is 7.01. The largest absolute Gasteiger partial charge is 0.481 e. The molecule has 10 nitrogen and oxygen atoms in total. The van der Waals surface area contributed by atoms with Crippen molar-refractivity contribution in [3.63, 3.8) is 0 Å². The molecule has 1 heterocycles. The average molecular weight is 416 g/mol. The van der Waals surface area contributed by atoms with Gasteiger partial charge in [0.1, 0.15) is 24.4 Å². The summed E-state index contributed by atoms with van der Waals surface area (Å²) in [6.45, 7) is -0.620. The zero-order valence-corrected chi connectivity index (χ0v) is 16.1. The number of aliphatic hydroxyl groups is 4. The zero-order valence-electron chi connectivity index (χ0n) is 16.1. The van der Waals surface area contributed by atoms with Gasteiger partial charge in [0.15, 0.2) is 12.1 Å². The lowest BCUT2D eigenvalue weighted by Gasteiger charge is -2.39. The maximum Gasteiger partial charge on any atom is 0.307 e. The van der Waals surface area contributed by atoms with E-state index < -0.39 is 49.4 Å². The monoisotopic (exact) mass is 416 g/mol. The number of hydrogen-bond acceptors (Lipinski definition) is 9. The first-order valence-electron chi connectivity index (χ1n) is 9.35. The topological polar surface area (TPSA) is 163 Å². The molecule has 2 rings (SSSR count). The third-order valence-corrected chi connectivity index (χ3v) is 5.03. The first-order valence-corrected chi connectivity index (χ1v) is 9.35. The first-order chi connectivity index (χ1) is 13.8. The highest BCUT2D eigenvalue weighted by Crippen LogP contribution is 2.28. The van der Waals surface area contributed by atoms with Crippen LogP contribution >= 0.6 is 0 Å². The minimum Gasteiger partial charge on any atom is -0.481 e. The van der Waals surface area contributed by atoms with Crippen LogP contribution in [0.5, 0.6) is 0 Å². The molecule has 1 fully saturated rings. The quantitative estimate of drug-likeness (QED) is 0.276. The standard InChI is InChI=1S/C19H28O10/c1-27-11(3-2-4-12-10(7-15(22)23)5-6-13(12)21)9-28-19-18(26)17(25)16(24)14(8-20)29-19/h2-3,11,14,16-20,24-26H,4-9H2,1H3,(H,22,23). The van der Waals surface area contributed by atoms with E-state index in [1.807, 2.05) is 0 Å². The van der Waals surface area contributed by atoms with Gasteiger partial charge in [-0.15, -0.1) is 0 Å². The highest BCUT2D eigenvalue weighted by atomic mass is 16.7. The number of aliphatic carboxylic acids is 1. The van der Waals surface area contributed by atoms with Crippen LogP contribution in [0.1, 0.15) is 25.7 Å². The second-order valence-electron chi connectivity index (χ2n) is 7.01. The van der Waals surface area contributed by atoms with E-state index in [2.05, 4.69) is 0 Å². The fraction of sp³-hybridized carbons (Fsp3) is 0.684. The molecule has 1 saturated heterocycles. The third kappa shape index (κ3) is 6.16. The molecule has 29 heavy (non-hydrogen) atoms. The molecule has 0 spiro atoms. The summed E-state index contributed by atoms with van der Waals surface area (Å²) in [5, 5.41) is 47.6. The van der Waals surface area contributed by atoms with Crippen molar-refractivity contribution in [1.29, 1.82) is 0 Å². The fourth-order valence-electron chi connectivity index (χ4n) is 3.33. The maximum atomic E-state index is 11.9. The Morgan fingerprint density at radius 2 is 1.97 bits per heavy atom. The number of ether oxygens (including phenoxy) is 3. The second kappa shape index (κ2) is 10.9. The first kappa shape index (κ1) is 23.6. The summed E-state index contributed by atoms with van der Waals surface area (Å²) >= 11 is 0. The normalized spacial score (nSPS) is 31.6. The third-order valence-electron chi connectivity index (χ3n) is 5.03. The number of carbonyl (C=O) groups excluding carboxylic acids is 1. The van der Waals surface area contributed by atoms with Gasteiger partial charge < -0.3 is 39.7 Å². The van der Waals surface area contributed by atoms with Crippen molar-refractivity contribution in [3.8, 4) is 0 Å². The van der Waals surface area contributed by atoms with E-state index in [0.29, 0.717) is 24.0 Å². The molecule has 5 N–H and O–H groups in total. The van der Waals surface area contributed by atoms with Gasteiger partial charge in [-0.2, -0.15) is 0 Å². The Hall–Kier alpha value is -1.66. The predicted molar refractivity (Wildman–Crippen MR) is 97.8 cm³/mol. The lowest BCUT2D eigenvalue weighted by atomic mass is 9.99. The van der Waals surface area contributed by atoms with E-state index in [0.717, 1.165) is 0 Å². The minimum absolute atomic E-state index is 0.0579. The van der Waals surface area contributed by atoms with Crippen molar-refractivity contribution in [3.05, 3.63) is 23.3 Å². The summed E-state index contributed by atoms with van der Waals surface area (Å²) < 4.78 is 15.9. The average Bonchev–Trinajstić information content (AvgIpc) is 3.02. The SMILES string of the molecule is COC(C=CCC1=C(CC(=O)O)CCC1=O)COC1OC(CO)C(O)C(O)C1O. The van der Waals surface area contributed by atoms with Gasteiger partial charge in [0.05, 0.1) is 25.7 Å². The van der Waals surface area contributed by atoms with Gasteiger partial charge in [-0.1, -0.05) is 17.7 Å². The molecular weight excluding hydrogens is 388 g/mol. The zero-order chi connectivity index (χ0) is 21.6. The molecule has 10 heteroatoms. The van der Waals surface area contributed by atoms with Gasteiger partial charge in [-0.25, -0.2) is 0 Å². The summed E-state index contributed by atoms with van der Waals surface area (Å²) in [7, 11) is 1.43. The molecule has 0 aromatic rings. The maximum absolute atomic E-state index is 11.9. The molecule has 164 valence electrons. The van der Waals surface area contributed by atoms with E-state index in [4.69, 9.17) is 19.3 Å². The van der Waals surface area contributed by atoms with Crippen molar-refractivity contribution < 1.29 is 49.3 Å². The number of carboxylic acids is 1. The smallest absolute Gasteiger partial charge is 0.307 e. The number of aliphatic hydroxyl groups excluding tert-OH is 4. The Balaban J connectivity index is 1.91. The summed E-state index contributed by atoms with van der Waals surface area (Å²) in [6, 6.07) is 0. The molecule has 0 bridgehead atoms. The lowest BCUT2D eigenvalue weighted by Crippen LogP contribution is -2.59. The Labute approximate surface area is 168 Å². The van der Waals surface area contributed by atoms with Gasteiger partial charge in [-0.05, 0) is 18.4 Å². The van der Waals surface area contributed by atoms with E-state index in [1.165, 1.54) is 7.11 Å². The number of rotatable bonds is 10. The molecule has 0 aromatic carbocycles. The highest BCUT2D eigenvalue weighted by molar-refractivity contribution is 5.99. The van der Waals surface area contributed by atoms with Crippen LogP contribution in [0.25, 0.3) is 0 Å². The van der Waals surface area contributed by atoms with Crippen LogP contribution in [0.15, 0.2) is 23.3 Å². The molecule has 0 amide bonds. The van der Waals surface area contributed by atoms with E-state index >= 15 is 0 Å². The van der Waals surface area contributed by atoms with Crippen molar-refractivity contribution in [2.45, 2.75) is 62.5 Å². The van der Waals surface area contributed by atoms with Gasteiger partial charge in [0.2, 0.25) is 0 Å². The van der Waals surface area contributed by atoms with Crippen molar-refractivity contribution in [2.75, 3.05) is 20.3 Å². The number of allylic oxidation sites excluding steroid dienone is 2. The van der Waals surface area contributed by atoms with Crippen molar-refractivity contribution in [1.82, 2.24) is 0 Å². The van der Waals surface area contributed by atoms with Gasteiger partial charge in [0, 0.05) is 13.5 Å². The molecule has 6 unspecified atom stereocenters. The number of Topliss-reactive ketones (excluding diaryl/α,β-unsaturated/α-hetero) is 1. The number of ketones is 1. The number of carbonyl (C=O) groups is 2. The Bertz CT molecular complexity index is 641. The van der Waals surface area contributed by atoms with Crippen molar-refractivity contribution >= 4 is 11.8 Å². The predicted octanol–water partition coefficient (Wildman–Crippen LogP) is -1.10. The minimum atomic E-state index is -1.53. The molecular formula is C19H28O10. The Morgan fingerprint density at radius 3 is 2.59 bits per heavy atom. The summed E-state index contributed by atoms with van der Waals surface area (Å²) in [5.74, 6) is -1.03. The fourth-order valence-corrected chi connectivity index (χ4v) is 3.33. The molecule has 0 radical (unpaired) electrons. The number of hydrogen-bond donors (Lipinski definition) is 5. The summed E-state index contributed by atoms with van der Waals surface area (Å²) in [6.07, 6.45) is -3.17. The van der Waals surface area contributed by atoms with Crippen LogP contribution < -0.4 is 0 Å². The van der Waals surface area contributed by atoms with Crippen molar-refractivity contribution in [2.24, 2.45) is 0 Å². The van der Waals surface area contributed by atoms with Gasteiger partial charge in [-0.3, -0.25) is 9.59 Å². The molecule has 6 atom stereocenters. The molecule has 1 aliphatic heterocycles. The van der Waals surface area contributed by atoms with Gasteiger partial charge in [0.25, 0.3) is 0 Å². The Morgan fingerprint density at radius 1 is 1.24 bits per heavy atom. The molecule has 0 saturated carbocycles. The molecule has 2 aliphatic rings. The van der Waals surface area contributed by atoms with Crippen LogP contribution in [-0.4, -0.2) is 94.4 Å². The summed E-state index contributed by atoms with van der Waals surface area (Å²) in [4.78, 5) is 22.9. The van der Waals surface area contributed by atoms with Crippen LogP contribution in [0.4, 0.5) is 0 Å². The molecule has 1 aliphatic carbocycles. The van der Waals surface area contributed by atoms with Crippen LogP contribution in [0.2, 0.25) is 0 Å². The van der Waals surface area contributed by atoms with E-state index in [-0.39, 0.29) is 25.2 Å². The molecule has 0 aromatic heterocycles. The van der Waals surface area contributed by atoms with Crippen LogP contribution in [-0.2, 0) is 23.8 Å². The van der Waals surface area contributed by atoms with Gasteiger partial charge >= 0.3 is 5.97 Å². The number of carboxylic acid groups (broad SMARTS) is 1. The highest BCUT2D eigenvalue weighted by Gasteiger charge is 2.44. The number of methoxy groups -OCH3 is 1. The summed E-state index contributed by atoms with van der Waals surface area (Å²) in [5.41, 5.74) is 1.15. The lowest BCUT2D eigenvalue weighted by molar-refractivity contribution is -0.303.